The number of nitrogens with two attached hydrogens (primary N) is 1. The molecule has 19 heavy (non-hydrogen) atoms. The Balaban J connectivity index is 2.87. The summed E-state index contributed by atoms with van der Waals surface area (Å²) in [5.41, 5.74) is 5.76. The van der Waals surface area contributed by atoms with Crippen LogP contribution in [0.25, 0.3) is 0 Å². The minimum Gasteiger partial charge on any atom is -0.478 e. The largest absolute Gasteiger partial charge is 0.478 e. The van der Waals surface area contributed by atoms with Crippen LogP contribution in [0.1, 0.15) is 30.1 Å². The summed E-state index contributed by atoms with van der Waals surface area (Å²) >= 11 is 3.25. The Kier molecular flexibility index (Phi) is 5.98. The Labute approximate surface area is 120 Å². The van der Waals surface area contributed by atoms with E-state index in [-0.39, 0.29) is 17.4 Å². The van der Waals surface area contributed by atoms with Gasteiger partial charge in [-0.05, 0) is 47.4 Å². The molecule has 0 aliphatic rings. The third kappa shape index (κ3) is 4.33. The maximum absolute atomic E-state index is 12.0. The molecule has 1 rings (SSSR count). The number of hydrogen-bond donors (Lipinski definition) is 3. The summed E-state index contributed by atoms with van der Waals surface area (Å²) in [6, 6.07) is 4.75. The molecule has 0 heterocycles. The highest BCUT2D eigenvalue weighted by Crippen LogP contribution is 2.27. The molecule has 0 spiro atoms. The third-order valence-electron chi connectivity index (χ3n) is 2.78. The number of amides is 1. The van der Waals surface area contributed by atoms with E-state index in [0.717, 1.165) is 6.42 Å². The van der Waals surface area contributed by atoms with Crippen molar-refractivity contribution in [2.24, 2.45) is 11.7 Å². The molecule has 1 aromatic carbocycles. The molecule has 0 aromatic heterocycles. The van der Waals surface area contributed by atoms with Crippen molar-refractivity contribution in [3.63, 3.8) is 0 Å². The number of benzene rings is 1. The van der Waals surface area contributed by atoms with Gasteiger partial charge in [-0.25, -0.2) is 4.79 Å². The second-order valence-electron chi connectivity index (χ2n) is 4.29. The summed E-state index contributed by atoms with van der Waals surface area (Å²) in [4.78, 5) is 23.1. The number of aromatic carboxylic acids is 1. The number of carboxylic acid groups (broad SMARTS) is 1. The number of nitrogens with one attached hydrogen (secondary N) is 1. The first kappa shape index (κ1) is 15.7. The average molecular weight is 329 g/mol. The van der Waals surface area contributed by atoms with E-state index in [9.17, 15) is 9.59 Å². The summed E-state index contributed by atoms with van der Waals surface area (Å²) in [6.07, 6.45) is 1.44. The highest BCUT2D eigenvalue weighted by atomic mass is 79.9. The summed E-state index contributed by atoms with van der Waals surface area (Å²) in [6.45, 7) is 2.33. The molecule has 0 bridgehead atoms. The molecule has 0 saturated carbocycles. The maximum Gasteiger partial charge on any atom is 0.337 e. The van der Waals surface area contributed by atoms with Crippen LogP contribution in [-0.2, 0) is 4.79 Å². The topological polar surface area (TPSA) is 92.4 Å². The highest BCUT2D eigenvalue weighted by Gasteiger charge is 2.18. The van der Waals surface area contributed by atoms with E-state index in [4.69, 9.17) is 10.8 Å². The van der Waals surface area contributed by atoms with E-state index in [1.54, 1.807) is 19.1 Å². The van der Waals surface area contributed by atoms with Gasteiger partial charge in [-0.15, -0.1) is 0 Å². The van der Waals surface area contributed by atoms with Gasteiger partial charge >= 0.3 is 5.97 Å². The van der Waals surface area contributed by atoms with E-state index < -0.39 is 5.97 Å². The quantitative estimate of drug-likeness (QED) is 0.747. The lowest BCUT2D eigenvalue weighted by Crippen LogP contribution is -2.22. The van der Waals surface area contributed by atoms with Gasteiger partial charge in [-0.3, -0.25) is 4.79 Å². The average Bonchev–Trinajstić information content (AvgIpc) is 2.37. The minimum absolute atomic E-state index is 0.0637. The summed E-state index contributed by atoms with van der Waals surface area (Å²) in [5.74, 6) is -1.49. The van der Waals surface area contributed by atoms with Gasteiger partial charge < -0.3 is 16.2 Å². The van der Waals surface area contributed by atoms with Crippen LogP contribution in [-0.4, -0.2) is 23.5 Å². The van der Waals surface area contributed by atoms with Gasteiger partial charge in [0.1, 0.15) is 0 Å². The van der Waals surface area contributed by atoms with Crippen LogP contribution in [0, 0.1) is 5.92 Å². The van der Waals surface area contributed by atoms with Crippen LogP contribution in [0.15, 0.2) is 22.7 Å². The fourth-order valence-electron chi connectivity index (χ4n) is 1.63. The zero-order chi connectivity index (χ0) is 14.4. The zero-order valence-electron chi connectivity index (χ0n) is 10.6. The molecule has 1 unspecified atom stereocenters. The predicted octanol–water partition coefficient (Wildman–Crippen LogP) is 2.46. The van der Waals surface area contributed by atoms with Crippen LogP contribution >= 0.6 is 15.9 Å². The fraction of sp³-hybridized carbons (Fsp3) is 0.385. The van der Waals surface area contributed by atoms with Gasteiger partial charge in [0.25, 0.3) is 0 Å². The molecule has 0 saturated heterocycles. The third-order valence-corrected chi connectivity index (χ3v) is 3.44. The van der Waals surface area contributed by atoms with Crippen molar-refractivity contribution in [3.05, 3.63) is 28.2 Å². The second kappa shape index (κ2) is 7.25. The van der Waals surface area contributed by atoms with Crippen molar-refractivity contribution < 1.29 is 14.7 Å². The first-order valence-corrected chi connectivity index (χ1v) is 6.79. The molecule has 0 aliphatic carbocycles. The predicted molar refractivity (Wildman–Crippen MR) is 77.2 cm³/mol. The Morgan fingerprint density at radius 2 is 2.16 bits per heavy atom. The van der Waals surface area contributed by atoms with E-state index in [1.165, 1.54) is 6.07 Å². The Morgan fingerprint density at radius 3 is 2.74 bits per heavy atom. The lowest BCUT2D eigenvalue weighted by molar-refractivity contribution is -0.119. The van der Waals surface area contributed by atoms with Crippen molar-refractivity contribution in [1.29, 1.82) is 0 Å². The molecule has 5 nitrogen and oxygen atoms in total. The summed E-state index contributed by atoms with van der Waals surface area (Å²) in [5, 5.41) is 11.8. The van der Waals surface area contributed by atoms with E-state index in [1.807, 2.05) is 0 Å². The maximum atomic E-state index is 12.0. The van der Waals surface area contributed by atoms with Gasteiger partial charge in [0.05, 0.1) is 11.3 Å². The number of carbonyl (C=O) groups is 2. The molecule has 0 radical (unpaired) electrons. The van der Waals surface area contributed by atoms with Gasteiger partial charge in [0.15, 0.2) is 0 Å². The molecule has 0 fully saturated rings. The number of carboxylic acids is 1. The normalized spacial score (nSPS) is 11.9. The van der Waals surface area contributed by atoms with Crippen LogP contribution in [0.5, 0.6) is 0 Å². The fourth-order valence-corrected chi connectivity index (χ4v) is 2.10. The van der Waals surface area contributed by atoms with Crippen LogP contribution < -0.4 is 11.1 Å². The lowest BCUT2D eigenvalue weighted by atomic mass is 10.0. The van der Waals surface area contributed by atoms with Gasteiger partial charge in [0, 0.05) is 10.4 Å². The number of halogens is 1. The van der Waals surface area contributed by atoms with Crippen molar-refractivity contribution in [3.8, 4) is 0 Å². The van der Waals surface area contributed by atoms with Crippen molar-refractivity contribution in [2.45, 2.75) is 19.8 Å². The van der Waals surface area contributed by atoms with Gasteiger partial charge in [0.2, 0.25) is 5.91 Å². The Morgan fingerprint density at radius 1 is 1.47 bits per heavy atom. The number of rotatable bonds is 6. The van der Waals surface area contributed by atoms with Crippen LogP contribution in [0.4, 0.5) is 5.69 Å². The van der Waals surface area contributed by atoms with Crippen LogP contribution in [0.3, 0.4) is 0 Å². The van der Waals surface area contributed by atoms with Gasteiger partial charge in [-0.1, -0.05) is 13.0 Å². The summed E-state index contributed by atoms with van der Waals surface area (Å²) < 4.78 is 0.548. The molecular formula is C13H17BrN2O3. The molecule has 104 valence electrons. The second-order valence-corrected chi connectivity index (χ2v) is 5.14. The number of hydrogen-bond acceptors (Lipinski definition) is 3. The standard InChI is InChI=1S/C13H17BrN2O3/c1-8(4-3-7-15)12(17)16-11-9(13(18)19)5-2-6-10(11)14/h2,5-6,8H,3-4,7,15H2,1H3,(H,16,17)(H,18,19). The molecule has 6 heteroatoms. The molecule has 1 aromatic rings. The number of carbonyl (C=O) groups excluding carboxylic acids is 1. The SMILES string of the molecule is CC(CCCN)C(=O)Nc1c(Br)cccc1C(=O)O. The number of para-hydroxylation sites is 1. The van der Waals surface area contributed by atoms with Crippen molar-refractivity contribution >= 4 is 33.5 Å². The molecule has 1 atom stereocenters. The van der Waals surface area contributed by atoms with Crippen molar-refractivity contribution in [2.75, 3.05) is 11.9 Å². The van der Waals surface area contributed by atoms with E-state index in [2.05, 4.69) is 21.2 Å². The zero-order valence-corrected chi connectivity index (χ0v) is 12.2. The smallest absolute Gasteiger partial charge is 0.337 e. The van der Waals surface area contributed by atoms with Crippen molar-refractivity contribution in [1.82, 2.24) is 0 Å². The van der Waals surface area contributed by atoms with Gasteiger partial charge in [-0.2, -0.15) is 0 Å². The molecular weight excluding hydrogens is 312 g/mol. The molecule has 1 amide bonds. The van der Waals surface area contributed by atoms with E-state index >= 15 is 0 Å². The summed E-state index contributed by atoms with van der Waals surface area (Å²) in [7, 11) is 0. The highest BCUT2D eigenvalue weighted by molar-refractivity contribution is 9.10. The van der Waals surface area contributed by atoms with Crippen LogP contribution in [0.2, 0.25) is 0 Å². The van der Waals surface area contributed by atoms with E-state index in [0.29, 0.717) is 23.1 Å². The first-order valence-electron chi connectivity index (χ1n) is 6.00. The molecule has 4 N–H and O–H groups in total. The Bertz CT molecular complexity index is 477. The molecule has 0 aliphatic heterocycles. The monoisotopic (exact) mass is 328 g/mol. The Hall–Kier alpha value is -1.40. The first-order chi connectivity index (χ1) is 8.97. The lowest BCUT2D eigenvalue weighted by Gasteiger charge is -2.14. The minimum atomic E-state index is -1.08. The number of anilines is 1.